The second kappa shape index (κ2) is 8.20. The van der Waals surface area contributed by atoms with E-state index >= 15 is 0 Å². The number of para-hydroxylation sites is 1. The summed E-state index contributed by atoms with van der Waals surface area (Å²) in [4.78, 5) is 32.3. The zero-order valence-electron chi connectivity index (χ0n) is 16.4. The lowest BCUT2D eigenvalue weighted by Crippen LogP contribution is -2.40. The van der Waals surface area contributed by atoms with Crippen LogP contribution in [0.4, 0.5) is 5.69 Å². The molecule has 1 aliphatic heterocycles. The Morgan fingerprint density at radius 2 is 1.80 bits per heavy atom. The summed E-state index contributed by atoms with van der Waals surface area (Å²) in [7, 11) is 0. The highest BCUT2D eigenvalue weighted by molar-refractivity contribution is 6.40. The van der Waals surface area contributed by atoms with Gasteiger partial charge in [0.05, 0.1) is 23.6 Å². The van der Waals surface area contributed by atoms with Gasteiger partial charge in [0.25, 0.3) is 5.91 Å². The lowest BCUT2D eigenvalue weighted by atomic mass is 10.1. The maximum Gasteiger partial charge on any atom is 0.268 e. The normalized spacial score (nSPS) is 16.8. The first-order valence-corrected chi connectivity index (χ1v) is 9.65. The van der Waals surface area contributed by atoms with Gasteiger partial charge in [-0.3, -0.25) is 14.6 Å². The van der Waals surface area contributed by atoms with Gasteiger partial charge in [0.2, 0.25) is 5.91 Å². The molecule has 0 radical (unpaired) electrons. The Balaban J connectivity index is 1.48. The van der Waals surface area contributed by atoms with Crippen molar-refractivity contribution < 1.29 is 9.59 Å². The first kappa shape index (κ1) is 19.4. The van der Waals surface area contributed by atoms with E-state index in [1.165, 1.54) is 5.01 Å². The molecule has 1 aliphatic rings. The molecule has 0 saturated heterocycles. The Morgan fingerprint density at radius 3 is 2.47 bits per heavy atom. The van der Waals surface area contributed by atoms with E-state index in [4.69, 9.17) is 5.73 Å². The number of benzene rings is 2. The number of rotatable bonds is 6. The number of nitrogens with one attached hydrogen (secondary N) is 2. The zero-order chi connectivity index (χ0) is 21.1. The second-order valence-electron chi connectivity index (χ2n) is 7.09. The molecule has 30 heavy (non-hydrogen) atoms. The average Bonchev–Trinajstić information content (AvgIpc) is 3.43. The molecule has 152 valence electrons. The van der Waals surface area contributed by atoms with Crippen molar-refractivity contribution in [2.45, 2.75) is 25.4 Å². The number of carbonyl (C=O) groups is 2. The molecule has 3 aromatic rings. The van der Waals surface area contributed by atoms with Crippen LogP contribution in [0.1, 0.15) is 25.2 Å². The maximum absolute atomic E-state index is 12.8. The molecule has 8 heteroatoms. The molecule has 8 nitrogen and oxygen atoms in total. The molecule has 4 N–H and O–H groups in total. The Morgan fingerprint density at radius 1 is 1.13 bits per heavy atom. The van der Waals surface area contributed by atoms with Gasteiger partial charge < -0.3 is 16.0 Å². The number of anilines is 1. The van der Waals surface area contributed by atoms with Gasteiger partial charge >= 0.3 is 0 Å². The van der Waals surface area contributed by atoms with E-state index in [-0.39, 0.29) is 24.1 Å². The number of aromatic nitrogens is 2. The number of hydrogen-bond acceptors (Lipinski definition) is 5. The summed E-state index contributed by atoms with van der Waals surface area (Å²) in [6, 6.07) is 17.9. The predicted octanol–water partition coefficient (Wildman–Crippen LogP) is 2.37. The van der Waals surface area contributed by atoms with Gasteiger partial charge in [-0.2, -0.15) is 5.10 Å². The van der Waals surface area contributed by atoms with E-state index in [1.807, 2.05) is 67.6 Å². The van der Waals surface area contributed by atoms with Gasteiger partial charge in [0.1, 0.15) is 17.6 Å². The number of amides is 2. The molecule has 1 aromatic heterocycles. The van der Waals surface area contributed by atoms with Crippen LogP contribution in [0.5, 0.6) is 0 Å². The molecule has 0 fully saturated rings. The molecule has 2 heterocycles. The van der Waals surface area contributed by atoms with E-state index in [1.54, 1.807) is 6.20 Å². The molecule has 2 aromatic carbocycles. The largest absolute Gasteiger partial charge is 0.368 e. The first-order chi connectivity index (χ1) is 14.5. The Labute approximate surface area is 173 Å². The lowest BCUT2D eigenvalue weighted by molar-refractivity contribution is -0.119. The second-order valence-corrected chi connectivity index (χ2v) is 7.09. The van der Waals surface area contributed by atoms with Gasteiger partial charge in [0, 0.05) is 6.42 Å². The summed E-state index contributed by atoms with van der Waals surface area (Å²) in [5, 5.41) is 8.76. The van der Waals surface area contributed by atoms with Gasteiger partial charge in [0.15, 0.2) is 0 Å². The Bertz CT molecular complexity index is 1080. The first-order valence-electron chi connectivity index (χ1n) is 9.65. The molecule has 2 atom stereocenters. The smallest absolute Gasteiger partial charge is 0.268 e. The highest BCUT2D eigenvalue weighted by atomic mass is 16.2. The Hall–Kier alpha value is -3.94. The summed E-state index contributed by atoms with van der Waals surface area (Å²) in [5.41, 5.74) is 8.38. The van der Waals surface area contributed by atoms with E-state index in [0.29, 0.717) is 11.5 Å². The van der Waals surface area contributed by atoms with Crippen molar-refractivity contribution in [2.75, 3.05) is 5.01 Å². The van der Waals surface area contributed by atoms with Gasteiger partial charge in [-0.25, -0.2) is 4.98 Å². The van der Waals surface area contributed by atoms with E-state index in [9.17, 15) is 9.59 Å². The number of hydrazone groups is 1. The monoisotopic (exact) mass is 402 g/mol. The summed E-state index contributed by atoms with van der Waals surface area (Å²) >= 11 is 0. The van der Waals surface area contributed by atoms with Crippen molar-refractivity contribution in [3.05, 3.63) is 72.7 Å². The van der Waals surface area contributed by atoms with Crippen LogP contribution < -0.4 is 16.1 Å². The van der Waals surface area contributed by atoms with Crippen LogP contribution in [-0.4, -0.2) is 33.5 Å². The van der Waals surface area contributed by atoms with Crippen molar-refractivity contribution in [1.82, 2.24) is 15.3 Å². The van der Waals surface area contributed by atoms with Crippen molar-refractivity contribution >= 4 is 23.2 Å². The summed E-state index contributed by atoms with van der Waals surface area (Å²) in [6.07, 6.45) is 1.89. The molecule has 0 saturated carbocycles. The fourth-order valence-corrected chi connectivity index (χ4v) is 3.36. The predicted molar refractivity (Wildman–Crippen MR) is 115 cm³/mol. The number of carbonyl (C=O) groups excluding carboxylic acids is 2. The van der Waals surface area contributed by atoms with Crippen LogP contribution in [0.25, 0.3) is 11.3 Å². The zero-order valence-corrected chi connectivity index (χ0v) is 16.4. The minimum atomic E-state index is -0.697. The SMILES string of the molecule is CC(NC(=O)C1=NN(c2ccccc2)C(C(N)=O)C1)c1ncc(-c2ccccc2)[nH]1. The van der Waals surface area contributed by atoms with Gasteiger partial charge in [-0.05, 0) is 24.6 Å². The van der Waals surface area contributed by atoms with E-state index < -0.39 is 11.9 Å². The molecule has 4 rings (SSSR count). The van der Waals surface area contributed by atoms with Crippen molar-refractivity contribution in [2.24, 2.45) is 10.8 Å². The van der Waals surface area contributed by atoms with Crippen LogP contribution in [-0.2, 0) is 9.59 Å². The van der Waals surface area contributed by atoms with E-state index in [0.717, 1.165) is 11.3 Å². The molecule has 0 bridgehead atoms. The van der Waals surface area contributed by atoms with Crippen LogP contribution in [0, 0.1) is 0 Å². The van der Waals surface area contributed by atoms with Crippen molar-refractivity contribution in [3.8, 4) is 11.3 Å². The molecule has 0 spiro atoms. The number of nitrogens with two attached hydrogens (primary N) is 1. The van der Waals surface area contributed by atoms with Crippen molar-refractivity contribution in [3.63, 3.8) is 0 Å². The summed E-state index contributed by atoms with van der Waals surface area (Å²) < 4.78 is 0. The van der Waals surface area contributed by atoms with Crippen LogP contribution in [0.2, 0.25) is 0 Å². The number of hydrogen-bond donors (Lipinski definition) is 3. The minimum Gasteiger partial charge on any atom is -0.368 e. The number of H-pyrrole nitrogens is 1. The van der Waals surface area contributed by atoms with E-state index in [2.05, 4.69) is 20.4 Å². The fourth-order valence-electron chi connectivity index (χ4n) is 3.36. The van der Waals surface area contributed by atoms with Gasteiger partial charge in [-0.15, -0.1) is 0 Å². The van der Waals surface area contributed by atoms with Crippen LogP contribution >= 0.6 is 0 Å². The Kier molecular flexibility index (Phi) is 5.30. The third kappa shape index (κ3) is 3.93. The molecule has 2 amide bonds. The minimum absolute atomic E-state index is 0.149. The lowest BCUT2D eigenvalue weighted by Gasteiger charge is -2.20. The third-order valence-corrected chi connectivity index (χ3v) is 4.96. The number of aromatic amines is 1. The quantitative estimate of drug-likeness (QED) is 0.587. The molecule has 2 unspecified atom stereocenters. The number of imidazole rings is 1. The third-order valence-electron chi connectivity index (χ3n) is 4.96. The fraction of sp³-hybridized carbons (Fsp3) is 0.182. The average molecular weight is 402 g/mol. The summed E-state index contributed by atoms with van der Waals surface area (Å²) in [6.45, 7) is 1.83. The molecule has 0 aliphatic carbocycles. The molecular formula is C22H22N6O2. The van der Waals surface area contributed by atoms with Gasteiger partial charge in [-0.1, -0.05) is 48.5 Å². The standard InChI is InChI=1S/C22H22N6O2/c1-14(21-24-13-18(26-21)15-8-4-2-5-9-15)25-22(30)17-12-19(20(23)29)28(27-17)16-10-6-3-7-11-16/h2-11,13-14,19H,12H2,1H3,(H2,23,29)(H,24,26)(H,25,30). The van der Waals surface area contributed by atoms with Crippen molar-refractivity contribution in [1.29, 1.82) is 0 Å². The van der Waals surface area contributed by atoms with Crippen LogP contribution in [0.15, 0.2) is 72.0 Å². The summed E-state index contributed by atoms with van der Waals surface area (Å²) in [5.74, 6) is -0.256. The number of nitrogens with zero attached hydrogens (tertiary/aromatic N) is 3. The maximum atomic E-state index is 12.8. The highest BCUT2D eigenvalue weighted by Gasteiger charge is 2.35. The highest BCUT2D eigenvalue weighted by Crippen LogP contribution is 2.25. The molecular weight excluding hydrogens is 380 g/mol. The van der Waals surface area contributed by atoms with Crippen LogP contribution in [0.3, 0.4) is 0 Å². The topological polar surface area (TPSA) is 116 Å². The number of primary amides is 1.